The lowest BCUT2D eigenvalue weighted by Gasteiger charge is -2.28. The second kappa shape index (κ2) is 5.88. The van der Waals surface area contributed by atoms with E-state index >= 15 is 0 Å². The Labute approximate surface area is 137 Å². The SMILES string of the molecule is FC(F)(F)c1ccc(C2CNCC(c3nc(C4CC4)no3)C2)cc1. The van der Waals surface area contributed by atoms with Gasteiger partial charge in [-0.2, -0.15) is 18.2 Å². The molecule has 1 N–H and O–H groups in total. The van der Waals surface area contributed by atoms with Crippen LogP contribution < -0.4 is 5.32 Å². The summed E-state index contributed by atoms with van der Waals surface area (Å²) in [7, 11) is 0. The van der Waals surface area contributed by atoms with Crippen molar-refractivity contribution in [3.05, 3.63) is 47.1 Å². The fourth-order valence-corrected chi connectivity index (χ4v) is 3.25. The number of hydrogen-bond donors (Lipinski definition) is 1. The number of hydrogen-bond acceptors (Lipinski definition) is 4. The maximum Gasteiger partial charge on any atom is 0.416 e. The topological polar surface area (TPSA) is 51.0 Å². The summed E-state index contributed by atoms with van der Waals surface area (Å²) in [6.45, 7) is 1.49. The van der Waals surface area contributed by atoms with E-state index in [0.717, 1.165) is 55.9 Å². The van der Waals surface area contributed by atoms with Gasteiger partial charge in [0.05, 0.1) is 11.5 Å². The van der Waals surface area contributed by atoms with Crippen molar-refractivity contribution < 1.29 is 17.7 Å². The Morgan fingerprint density at radius 2 is 1.71 bits per heavy atom. The van der Waals surface area contributed by atoms with Gasteiger partial charge in [0.15, 0.2) is 5.82 Å². The molecule has 1 saturated carbocycles. The van der Waals surface area contributed by atoms with Gasteiger partial charge in [0, 0.05) is 19.0 Å². The van der Waals surface area contributed by atoms with Crippen LogP contribution in [0.5, 0.6) is 0 Å². The average molecular weight is 337 g/mol. The summed E-state index contributed by atoms with van der Waals surface area (Å²) < 4.78 is 43.4. The van der Waals surface area contributed by atoms with E-state index in [0.29, 0.717) is 11.8 Å². The van der Waals surface area contributed by atoms with Crippen molar-refractivity contribution in [2.24, 2.45) is 0 Å². The van der Waals surface area contributed by atoms with Crippen LogP contribution in [0, 0.1) is 0 Å². The molecule has 0 spiro atoms. The van der Waals surface area contributed by atoms with Crippen LogP contribution in [0.2, 0.25) is 0 Å². The quantitative estimate of drug-likeness (QED) is 0.925. The molecule has 2 aliphatic rings. The third-order valence-corrected chi connectivity index (χ3v) is 4.81. The van der Waals surface area contributed by atoms with Gasteiger partial charge in [-0.15, -0.1) is 0 Å². The molecule has 2 unspecified atom stereocenters. The first kappa shape index (κ1) is 15.6. The molecule has 2 fully saturated rings. The molecule has 1 aromatic carbocycles. The van der Waals surface area contributed by atoms with Gasteiger partial charge >= 0.3 is 6.18 Å². The number of nitrogens with one attached hydrogen (secondary N) is 1. The molecule has 0 bridgehead atoms. The highest BCUT2D eigenvalue weighted by atomic mass is 19.4. The van der Waals surface area contributed by atoms with E-state index in [-0.39, 0.29) is 11.8 Å². The smallest absolute Gasteiger partial charge is 0.339 e. The van der Waals surface area contributed by atoms with Crippen LogP contribution in [0.25, 0.3) is 0 Å². The van der Waals surface area contributed by atoms with Crippen molar-refractivity contribution in [2.45, 2.75) is 43.2 Å². The summed E-state index contributed by atoms with van der Waals surface area (Å²) in [5.74, 6) is 2.13. The highest BCUT2D eigenvalue weighted by Crippen LogP contribution is 2.39. The molecule has 7 heteroatoms. The molecule has 2 atom stereocenters. The van der Waals surface area contributed by atoms with E-state index in [2.05, 4.69) is 15.5 Å². The number of nitrogens with zero attached hydrogens (tertiary/aromatic N) is 2. The van der Waals surface area contributed by atoms with Crippen molar-refractivity contribution >= 4 is 0 Å². The Bertz CT molecular complexity index is 707. The lowest BCUT2D eigenvalue weighted by atomic mass is 9.85. The Balaban J connectivity index is 1.47. The summed E-state index contributed by atoms with van der Waals surface area (Å²) >= 11 is 0. The zero-order chi connectivity index (χ0) is 16.7. The minimum absolute atomic E-state index is 0.103. The van der Waals surface area contributed by atoms with Crippen molar-refractivity contribution in [3.8, 4) is 0 Å². The molecule has 0 amide bonds. The molecule has 2 heterocycles. The lowest BCUT2D eigenvalue weighted by molar-refractivity contribution is -0.137. The fraction of sp³-hybridized carbons (Fsp3) is 0.529. The van der Waals surface area contributed by atoms with Crippen LogP contribution in [0.4, 0.5) is 13.2 Å². The zero-order valence-corrected chi connectivity index (χ0v) is 13.0. The van der Waals surface area contributed by atoms with Gasteiger partial charge in [-0.3, -0.25) is 0 Å². The van der Waals surface area contributed by atoms with E-state index in [4.69, 9.17) is 4.52 Å². The molecular weight excluding hydrogens is 319 g/mol. The van der Waals surface area contributed by atoms with Gasteiger partial charge in [0.2, 0.25) is 5.89 Å². The highest BCUT2D eigenvalue weighted by molar-refractivity contribution is 5.28. The van der Waals surface area contributed by atoms with Crippen molar-refractivity contribution in [1.29, 1.82) is 0 Å². The molecule has 1 aliphatic heterocycles. The monoisotopic (exact) mass is 337 g/mol. The molecule has 4 nitrogen and oxygen atoms in total. The summed E-state index contributed by atoms with van der Waals surface area (Å²) in [4.78, 5) is 4.50. The molecule has 4 rings (SSSR count). The van der Waals surface area contributed by atoms with Crippen LogP contribution in [-0.2, 0) is 6.18 Å². The molecular formula is C17H18F3N3O. The van der Waals surface area contributed by atoms with Crippen LogP contribution in [0.3, 0.4) is 0 Å². The first-order chi connectivity index (χ1) is 11.5. The second-order valence-electron chi connectivity index (χ2n) is 6.67. The van der Waals surface area contributed by atoms with E-state index in [1.54, 1.807) is 12.1 Å². The number of aromatic nitrogens is 2. The minimum Gasteiger partial charge on any atom is -0.339 e. The predicted molar refractivity (Wildman–Crippen MR) is 80.7 cm³/mol. The largest absolute Gasteiger partial charge is 0.416 e. The maximum atomic E-state index is 12.7. The summed E-state index contributed by atoms with van der Waals surface area (Å²) in [6, 6.07) is 5.44. The Morgan fingerprint density at radius 3 is 2.38 bits per heavy atom. The summed E-state index contributed by atoms with van der Waals surface area (Å²) in [6.07, 6.45) is -1.26. The Kier molecular flexibility index (Phi) is 3.83. The Morgan fingerprint density at radius 1 is 1.00 bits per heavy atom. The lowest BCUT2D eigenvalue weighted by Crippen LogP contribution is -2.34. The van der Waals surface area contributed by atoms with Gasteiger partial charge in [-0.05, 0) is 42.9 Å². The highest BCUT2D eigenvalue weighted by Gasteiger charge is 2.33. The molecule has 1 aromatic heterocycles. The Hall–Kier alpha value is -1.89. The van der Waals surface area contributed by atoms with E-state index < -0.39 is 11.7 Å². The third kappa shape index (κ3) is 3.17. The van der Waals surface area contributed by atoms with Crippen LogP contribution in [0.15, 0.2) is 28.8 Å². The molecule has 1 aliphatic carbocycles. The zero-order valence-electron chi connectivity index (χ0n) is 13.0. The van der Waals surface area contributed by atoms with E-state index in [1.165, 1.54) is 0 Å². The van der Waals surface area contributed by atoms with Gasteiger partial charge in [-0.25, -0.2) is 0 Å². The first-order valence-corrected chi connectivity index (χ1v) is 8.22. The number of alkyl halides is 3. The van der Waals surface area contributed by atoms with Crippen LogP contribution in [-0.4, -0.2) is 23.2 Å². The molecule has 1 saturated heterocycles. The van der Waals surface area contributed by atoms with Gasteiger partial charge in [0.1, 0.15) is 0 Å². The van der Waals surface area contributed by atoms with Gasteiger partial charge < -0.3 is 9.84 Å². The van der Waals surface area contributed by atoms with Crippen molar-refractivity contribution in [2.75, 3.05) is 13.1 Å². The first-order valence-electron chi connectivity index (χ1n) is 8.22. The average Bonchev–Trinajstić information content (AvgIpc) is 3.31. The van der Waals surface area contributed by atoms with Gasteiger partial charge in [-0.1, -0.05) is 17.3 Å². The maximum absolute atomic E-state index is 12.7. The standard InChI is InChI=1S/C17H18F3N3O/c18-17(19,20)14-5-3-10(4-6-14)12-7-13(9-21-8-12)16-22-15(23-24-16)11-1-2-11/h3-6,11-13,21H,1-2,7-9H2. The van der Waals surface area contributed by atoms with Crippen LogP contribution in [0.1, 0.15) is 59.9 Å². The molecule has 2 aromatic rings. The third-order valence-electron chi connectivity index (χ3n) is 4.81. The fourth-order valence-electron chi connectivity index (χ4n) is 3.25. The minimum atomic E-state index is -4.30. The van der Waals surface area contributed by atoms with Crippen LogP contribution >= 0.6 is 0 Å². The number of rotatable bonds is 3. The van der Waals surface area contributed by atoms with Gasteiger partial charge in [0.25, 0.3) is 0 Å². The van der Waals surface area contributed by atoms with Crippen molar-refractivity contribution in [1.82, 2.24) is 15.5 Å². The predicted octanol–water partition coefficient (Wildman–Crippen LogP) is 3.83. The number of benzene rings is 1. The van der Waals surface area contributed by atoms with Crippen molar-refractivity contribution in [3.63, 3.8) is 0 Å². The molecule has 0 radical (unpaired) electrons. The molecule has 24 heavy (non-hydrogen) atoms. The summed E-state index contributed by atoms with van der Waals surface area (Å²) in [5.41, 5.74) is 0.291. The number of halogens is 3. The van der Waals surface area contributed by atoms with E-state index in [9.17, 15) is 13.2 Å². The summed E-state index contributed by atoms with van der Waals surface area (Å²) in [5, 5.41) is 7.38. The molecule has 128 valence electrons. The number of piperidine rings is 1. The second-order valence-corrected chi connectivity index (χ2v) is 6.67. The normalized spacial score (nSPS) is 25.0. The van der Waals surface area contributed by atoms with E-state index in [1.807, 2.05) is 0 Å².